The summed E-state index contributed by atoms with van der Waals surface area (Å²) in [5, 5.41) is 5.65. The molecule has 0 atom stereocenters. The van der Waals surface area contributed by atoms with Gasteiger partial charge in [0.05, 0.1) is 0 Å². The van der Waals surface area contributed by atoms with Gasteiger partial charge < -0.3 is 20.3 Å². The number of hydrogen-bond donors (Lipinski definition) is 2. The Kier molecular flexibility index (Phi) is 6.66. The molecule has 3 amide bonds. The van der Waals surface area contributed by atoms with Gasteiger partial charge in [0.2, 0.25) is 0 Å². The van der Waals surface area contributed by atoms with Crippen molar-refractivity contribution in [2.24, 2.45) is 0 Å². The second-order valence-corrected chi connectivity index (χ2v) is 6.99. The van der Waals surface area contributed by atoms with Crippen molar-refractivity contribution >= 4 is 17.6 Å². The summed E-state index contributed by atoms with van der Waals surface area (Å²) in [5.74, 6) is 0.0137. The van der Waals surface area contributed by atoms with E-state index in [0.29, 0.717) is 31.8 Å². The van der Waals surface area contributed by atoms with Crippen molar-refractivity contribution in [2.45, 2.75) is 26.3 Å². The average Bonchev–Trinajstić information content (AvgIpc) is 3.13. The fourth-order valence-corrected chi connectivity index (χ4v) is 3.26. The molecule has 6 nitrogen and oxygen atoms in total. The Morgan fingerprint density at radius 3 is 2.64 bits per heavy atom. The highest BCUT2D eigenvalue weighted by Crippen LogP contribution is 2.30. The van der Waals surface area contributed by atoms with Crippen LogP contribution >= 0.6 is 0 Å². The second kappa shape index (κ2) is 9.37. The summed E-state index contributed by atoms with van der Waals surface area (Å²) in [6, 6.07) is 13.5. The van der Waals surface area contributed by atoms with Gasteiger partial charge in [-0.15, -0.1) is 0 Å². The topological polar surface area (TPSA) is 70.7 Å². The largest absolute Gasteiger partial charge is 0.385 e. The quantitative estimate of drug-likeness (QED) is 0.724. The predicted molar refractivity (Wildman–Crippen MR) is 110 cm³/mol. The van der Waals surface area contributed by atoms with E-state index in [-0.39, 0.29) is 11.9 Å². The molecule has 2 aromatic carbocycles. The van der Waals surface area contributed by atoms with Crippen LogP contribution in [0, 0.1) is 6.92 Å². The molecule has 2 aromatic rings. The summed E-state index contributed by atoms with van der Waals surface area (Å²) in [4.78, 5) is 26.6. The van der Waals surface area contributed by atoms with Crippen molar-refractivity contribution in [2.75, 3.05) is 31.7 Å². The number of anilines is 1. The number of carbonyl (C=O) groups is 2. The molecule has 6 heteroatoms. The minimum absolute atomic E-state index is 0.0137. The smallest absolute Gasteiger partial charge is 0.315 e. The van der Waals surface area contributed by atoms with Crippen LogP contribution in [0.3, 0.4) is 0 Å². The molecule has 1 heterocycles. The Morgan fingerprint density at radius 2 is 1.89 bits per heavy atom. The number of rotatable bonds is 7. The summed E-state index contributed by atoms with van der Waals surface area (Å²) < 4.78 is 4.96. The van der Waals surface area contributed by atoms with E-state index in [0.717, 1.165) is 35.2 Å². The number of benzene rings is 2. The number of fused-ring (bicyclic) bond motifs is 1. The lowest BCUT2D eigenvalue weighted by atomic mass is 10.1. The first-order chi connectivity index (χ1) is 13.6. The highest BCUT2D eigenvalue weighted by Gasteiger charge is 2.25. The third-order valence-corrected chi connectivity index (χ3v) is 4.85. The van der Waals surface area contributed by atoms with Crippen LogP contribution in [0.5, 0.6) is 0 Å². The lowest BCUT2D eigenvalue weighted by molar-refractivity contribution is 0.0989. The Morgan fingerprint density at radius 1 is 1.11 bits per heavy atom. The number of aryl methyl sites for hydroxylation is 1. The molecule has 0 bridgehead atoms. The maximum atomic E-state index is 12.9. The average molecular weight is 381 g/mol. The summed E-state index contributed by atoms with van der Waals surface area (Å²) in [6.45, 7) is 4.29. The molecule has 3 rings (SSSR count). The molecule has 0 saturated carbocycles. The Hall–Kier alpha value is -2.86. The molecule has 0 fully saturated rings. The van der Waals surface area contributed by atoms with Gasteiger partial charge in [0.1, 0.15) is 0 Å². The second-order valence-electron chi connectivity index (χ2n) is 6.99. The molecule has 0 aliphatic carbocycles. The van der Waals surface area contributed by atoms with Gasteiger partial charge in [0, 0.05) is 44.6 Å². The van der Waals surface area contributed by atoms with Crippen LogP contribution in [-0.2, 0) is 17.7 Å². The molecule has 1 aliphatic heterocycles. The van der Waals surface area contributed by atoms with E-state index in [1.54, 1.807) is 7.11 Å². The molecule has 1 aliphatic rings. The van der Waals surface area contributed by atoms with Gasteiger partial charge in [-0.1, -0.05) is 29.8 Å². The van der Waals surface area contributed by atoms with Gasteiger partial charge in [-0.25, -0.2) is 4.79 Å². The van der Waals surface area contributed by atoms with Gasteiger partial charge in [0.15, 0.2) is 0 Å². The van der Waals surface area contributed by atoms with Gasteiger partial charge in [-0.3, -0.25) is 4.79 Å². The first-order valence-corrected chi connectivity index (χ1v) is 9.59. The minimum atomic E-state index is -0.204. The van der Waals surface area contributed by atoms with E-state index in [9.17, 15) is 9.59 Å². The molecular weight excluding hydrogens is 354 g/mol. The van der Waals surface area contributed by atoms with Crippen molar-refractivity contribution in [1.29, 1.82) is 0 Å². The van der Waals surface area contributed by atoms with E-state index >= 15 is 0 Å². The molecule has 148 valence electrons. The lowest BCUT2D eigenvalue weighted by Gasteiger charge is -2.18. The maximum Gasteiger partial charge on any atom is 0.315 e. The van der Waals surface area contributed by atoms with Crippen LogP contribution in [0.1, 0.15) is 33.5 Å². The van der Waals surface area contributed by atoms with Crippen LogP contribution in [0.25, 0.3) is 0 Å². The number of urea groups is 1. The number of carbonyl (C=O) groups excluding carboxylic acids is 2. The van der Waals surface area contributed by atoms with Crippen LogP contribution in [0.4, 0.5) is 10.5 Å². The van der Waals surface area contributed by atoms with Crippen molar-refractivity contribution in [3.8, 4) is 0 Å². The highest BCUT2D eigenvalue weighted by molar-refractivity contribution is 6.07. The molecule has 0 aromatic heterocycles. The Bertz CT molecular complexity index is 833. The van der Waals surface area contributed by atoms with Crippen LogP contribution < -0.4 is 15.5 Å². The van der Waals surface area contributed by atoms with E-state index in [1.807, 2.05) is 54.3 Å². The van der Waals surface area contributed by atoms with Gasteiger partial charge in [-0.2, -0.15) is 0 Å². The summed E-state index contributed by atoms with van der Waals surface area (Å²) >= 11 is 0. The van der Waals surface area contributed by atoms with Crippen molar-refractivity contribution in [3.05, 3.63) is 64.7 Å². The zero-order valence-electron chi connectivity index (χ0n) is 16.5. The Balaban J connectivity index is 1.62. The molecule has 28 heavy (non-hydrogen) atoms. The zero-order valence-corrected chi connectivity index (χ0v) is 16.5. The Labute approximate surface area is 165 Å². The normalized spacial score (nSPS) is 12.6. The van der Waals surface area contributed by atoms with Crippen LogP contribution in [0.2, 0.25) is 0 Å². The fourth-order valence-electron chi connectivity index (χ4n) is 3.26. The van der Waals surface area contributed by atoms with Crippen molar-refractivity contribution in [1.82, 2.24) is 10.6 Å². The number of hydrogen-bond acceptors (Lipinski definition) is 3. The predicted octanol–water partition coefficient (Wildman–Crippen LogP) is 3.03. The molecule has 0 unspecified atom stereocenters. The first kappa shape index (κ1) is 19.9. The number of methoxy groups -OCH3 is 1. The molecule has 0 radical (unpaired) electrons. The van der Waals surface area contributed by atoms with Gasteiger partial charge in [0.25, 0.3) is 5.91 Å². The van der Waals surface area contributed by atoms with Crippen LogP contribution in [-0.4, -0.2) is 38.7 Å². The third kappa shape index (κ3) is 4.89. The monoisotopic (exact) mass is 381 g/mol. The molecule has 2 N–H and O–H groups in total. The first-order valence-electron chi connectivity index (χ1n) is 9.59. The maximum absolute atomic E-state index is 12.9. The lowest BCUT2D eigenvalue weighted by Crippen LogP contribution is -2.35. The number of nitrogens with zero attached hydrogens (tertiary/aromatic N) is 1. The molecule has 0 spiro atoms. The standard InChI is InChI=1S/C22H27N3O3/c1-16-4-7-19(8-5-16)21(26)25-12-10-18-9-6-17(14-20(18)25)15-24-22(27)23-11-3-13-28-2/h4-9,14H,3,10-13,15H2,1-2H3,(H2,23,24,27). The molecular formula is C22H27N3O3. The van der Waals surface area contributed by atoms with Crippen LogP contribution in [0.15, 0.2) is 42.5 Å². The van der Waals surface area contributed by atoms with E-state index in [1.165, 1.54) is 0 Å². The highest BCUT2D eigenvalue weighted by atomic mass is 16.5. The number of ether oxygens (including phenoxy) is 1. The number of amides is 3. The number of nitrogens with one attached hydrogen (secondary N) is 2. The van der Waals surface area contributed by atoms with Crippen molar-refractivity contribution < 1.29 is 14.3 Å². The molecule has 0 saturated heterocycles. The SMILES string of the molecule is COCCCNC(=O)NCc1ccc2c(c1)N(C(=O)c1ccc(C)cc1)CC2. The van der Waals surface area contributed by atoms with Gasteiger partial charge >= 0.3 is 6.03 Å². The van der Waals surface area contributed by atoms with E-state index < -0.39 is 0 Å². The van der Waals surface area contributed by atoms with Gasteiger partial charge in [-0.05, 0) is 49.1 Å². The third-order valence-electron chi connectivity index (χ3n) is 4.85. The summed E-state index contributed by atoms with van der Waals surface area (Å²) in [7, 11) is 1.64. The summed E-state index contributed by atoms with van der Waals surface area (Å²) in [5.41, 5.74) is 4.89. The minimum Gasteiger partial charge on any atom is -0.385 e. The van der Waals surface area contributed by atoms with E-state index in [2.05, 4.69) is 10.6 Å². The van der Waals surface area contributed by atoms with Crippen molar-refractivity contribution in [3.63, 3.8) is 0 Å². The fraction of sp³-hybridized carbons (Fsp3) is 0.364. The zero-order chi connectivity index (χ0) is 19.9. The summed E-state index contributed by atoms with van der Waals surface area (Å²) in [6.07, 6.45) is 1.62. The van der Waals surface area contributed by atoms with E-state index in [4.69, 9.17) is 4.74 Å².